The number of piperidine rings is 1. The first-order chi connectivity index (χ1) is 12.1. The molecule has 0 radical (unpaired) electrons. The molecular weight excluding hydrogens is 336 g/mol. The summed E-state index contributed by atoms with van der Waals surface area (Å²) in [6.45, 7) is 6.06. The van der Waals surface area contributed by atoms with E-state index in [0.717, 1.165) is 42.9 Å². The van der Waals surface area contributed by atoms with E-state index in [1.54, 1.807) is 7.11 Å². The van der Waals surface area contributed by atoms with E-state index in [0.29, 0.717) is 22.6 Å². The van der Waals surface area contributed by atoms with Crippen molar-refractivity contribution in [2.75, 3.05) is 26.8 Å². The molecule has 1 aliphatic heterocycles. The lowest BCUT2D eigenvalue weighted by atomic mass is 9.98. The number of benzene rings is 1. The zero-order chi connectivity index (χ0) is 17.8. The summed E-state index contributed by atoms with van der Waals surface area (Å²) in [5.74, 6) is 1.33. The predicted molar refractivity (Wildman–Crippen MR) is 98.7 cm³/mol. The molecule has 134 valence electrons. The third kappa shape index (κ3) is 4.12. The molecule has 0 N–H and O–H groups in total. The highest BCUT2D eigenvalue weighted by Crippen LogP contribution is 2.28. The van der Waals surface area contributed by atoms with Gasteiger partial charge in [-0.3, -0.25) is 4.79 Å². The largest absolute Gasteiger partial charge is 0.493 e. The van der Waals surface area contributed by atoms with E-state index in [9.17, 15) is 4.79 Å². The number of rotatable bonds is 5. The van der Waals surface area contributed by atoms with Gasteiger partial charge in [-0.05, 0) is 38.3 Å². The molecular formula is C19H24N2O3S. The second-order valence-electron chi connectivity index (χ2n) is 6.43. The summed E-state index contributed by atoms with van der Waals surface area (Å²) in [6, 6.07) is 8.04. The quantitative estimate of drug-likeness (QED) is 0.816. The minimum absolute atomic E-state index is 0.0545. The number of thiazole rings is 1. The fraction of sp³-hybridized carbons (Fsp3) is 0.474. The number of likely N-dealkylation sites (tertiary alicyclic amines) is 1. The fourth-order valence-corrected chi connectivity index (χ4v) is 3.96. The van der Waals surface area contributed by atoms with E-state index in [2.05, 4.69) is 4.98 Å². The molecule has 0 aliphatic carbocycles. The van der Waals surface area contributed by atoms with E-state index < -0.39 is 0 Å². The molecule has 1 atom stereocenters. The van der Waals surface area contributed by atoms with Crippen molar-refractivity contribution in [2.24, 2.45) is 5.92 Å². The average molecular weight is 360 g/mol. The monoisotopic (exact) mass is 360 g/mol. The smallest absolute Gasteiger partial charge is 0.273 e. The van der Waals surface area contributed by atoms with Crippen molar-refractivity contribution in [2.45, 2.75) is 26.7 Å². The maximum atomic E-state index is 12.8. The van der Waals surface area contributed by atoms with Crippen LogP contribution in [0.4, 0.5) is 0 Å². The van der Waals surface area contributed by atoms with Crippen LogP contribution in [0.3, 0.4) is 0 Å². The minimum Gasteiger partial charge on any atom is -0.493 e. The van der Waals surface area contributed by atoms with E-state index in [4.69, 9.17) is 9.47 Å². The topological polar surface area (TPSA) is 51.7 Å². The number of ether oxygens (including phenoxy) is 2. The van der Waals surface area contributed by atoms with Gasteiger partial charge in [-0.15, -0.1) is 0 Å². The SMILES string of the molecule is COc1nc(C)c(C(=O)N2CCC[C@@H](COc3ccccc3C)C2)s1. The first-order valence-electron chi connectivity index (χ1n) is 8.57. The molecule has 0 spiro atoms. The van der Waals surface area contributed by atoms with E-state index >= 15 is 0 Å². The van der Waals surface area contributed by atoms with Crippen LogP contribution in [-0.2, 0) is 0 Å². The number of hydrogen-bond acceptors (Lipinski definition) is 5. The first-order valence-corrected chi connectivity index (χ1v) is 9.39. The third-order valence-electron chi connectivity index (χ3n) is 4.52. The number of nitrogens with zero attached hydrogens (tertiary/aromatic N) is 2. The van der Waals surface area contributed by atoms with Crippen LogP contribution in [0.2, 0.25) is 0 Å². The van der Waals surface area contributed by atoms with Crippen LogP contribution >= 0.6 is 11.3 Å². The molecule has 1 aliphatic rings. The summed E-state index contributed by atoms with van der Waals surface area (Å²) in [6.07, 6.45) is 2.09. The van der Waals surface area contributed by atoms with Gasteiger partial charge >= 0.3 is 0 Å². The Morgan fingerprint density at radius 2 is 2.16 bits per heavy atom. The maximum absolute atomic E-state index is 12.8. The van der Waals surface area contributed by atoms with Crippen molar-refractivity contribution in [3.05, 3.63) is 40.4 Å². The molecule has 3 rings (SSSR count). The second kappa shape index (κ2) is 7.87. The number of aryl methyl sites for hydroxylation is 2. The van der Waals surface area contributed by atoms with Crippen LogP contribution in [0.5, 0.6) is 10.9 Å². The molecule has 5 nitrogen and oxygen atoms in total. The highest BCUT2D eigenvalue weighted by molar-refractivity contribution is 7.15. The van der Waals surface area contributed by atoms with Gasteiger partial charge in [0, 0.05) is 19.0 Å². The molecule has 2 heterocycles. The van der Waals surface area contributed by atoms with Crippen molar-refractivity contribution in [1.29, 1.82) is 0 Å². The normalized spacial score (nSPS) is 17.4. The zero-order valence-corrected chi connectivity index (χ0v) is 15.8. The molecule has 1 amide bonds. The van der Waals surface area contributed by atoms with Crippen LogP contribution in [0.25, 0.3) is 0 Å². The van der Waals surface area contributed by atoms with Gasteiger partial charge in [0.1, 0.15) is 10.6 Å². The number of aromatic nitrogens is 1. The lowest BCUT2D eigenvalue weighted by Gasteiger charge is -2.32. The van der Waals surface area contributed by atoms with Gasteiger partial charge in [0.05, 0.1) is 19.4 Å². The number of carbonyl (C=O) groups is 1. The Morgan fingerprint density at radius 1 is 1.36 bits per heavy atom. The van der Waals surface area contributed by atoms with Gasteiger partial charge in [0.2, 0.25) is 0 Å². The minimum atomic E-state index is 0.0545. The molecule has 0 saturated carbocycles. The standard InChI is InChI=1S/C19H24N2O3S/c1-13-7-4-5-9-16(13)24-12-15-8-6-10-21(11-15)18(22)17-14(2)20-19(23-3)25-17/h4-5,7,9,15H,6,8,10-12H2,1-3H3/t15-/m1/s1. The Labute approximate surface area is 152 Å². The summed E-state index contributed by atoms with van der Waals surface area (Å²) >= 11 is 1.32. The maximum Gasteiger partial charge on any atom is 0.273 e. The lowest BCUT2D eigenvalue weighted by molar-refractivity contribution is 0.0637. The third-order valence-corrected chi connectivity index (χ3v) is 5.63. The summed E-state index contributed by atoms with van der Waals surface area (Å²) in [5.41, 5.74) is 1.88. The number of hydrogen-bond donors (Lipinski definition) is 0. The van der Waals surface area contributed by atoms with Crippen molar-refractivity contribution in [3.8, 4) is 10.9 Å². The molecule has 25 heavy (non-hydrogen) atoms. The molecule has 1 saturated heterocycles. The number of carbonyl (C=O) groups excluding carboxylic acids is 1. The van der Waals surface area contributed by atoms with E-state index in [1.165, 1.54) is 11.3 Å². The molecule has 6 heteroatoms. The molecule has 0 unspecified atom stereocenters. The highest BCUT2D eigenvalue weighted by atomic mass is 32.1. The van der Waals surface area contributed by atoms with Gasteiger partial charge in [-0.1, -0.05) is 29.5 Å². The van der Waals surface area contributed by atoms with E-state index in [1.807, 2.05) is 43.0 Å². The van der Waals surface area contributed by atoms with Crippen LogP contribution in [0, 0.1) is 19.8 Å². The second-order valence-corrected chi connectivity index (χ2v) is 7.40. The molecule has 0 bridgehead atoms. The summed E-state index contributed by atoms with van der Waals surface area (Å²) in [5, 5.41) is 0.539. The van der Waals surface area contributed by atoms with Crippen LogP contribution in [-0.4, -0.2) is 42.6 Å². The molecule has 2 aromatic rings. The van der Waals surface area contributed by atoms with Gasteiger partial charge in [0.15, 0.2) is 0 Å². The number of para-hydroxylation sites is 1. The summed E-state index contributed by atoms with van der Waals surface area (Å²) in [7, 11) is 1.58. The Hall–Kier alpha value is -2.08. The van der Waals surface area contributed by atoms with Crippen molar-refractivity contribution in [1.82, 2.24) is 9.88 Å². The molecule has 1 aromatic heterocycles. The number of methoxy groups -OCH3 is 1. The van der Waals surface area contributed by atoms with Crippen LogP contribution in [0.1, 0.15) is 33.8 Å². The highest BCUT2D eigenvalue weighted by Gasteiger charge is 2.27. The van der Waals surface area contributed by atoms with Crippen molar-refractivity contribution >= 4 is 17.2 Å². The van der Waals surface area contributed by atoms with Crippen molar-refractivity contribution in [3.63, 3.8) is 0 Å². The van der Waals surface area contributed by atoms with Gasteiger partial charge in [-0.25, -0.2) is 4.98 Å². The van der Waals surface area contributed by atoms with E-state index in [-0.39, 0.29) is 5.91 Å². The van der Waals surface area contributed by atoms with Gasteiger partial charge in [-0.2, -0.15) is 0 Å². The lowest BCUT2D eigenvalue weighted by Crippen LogP contribution is -2.41. The fourth-order valence-electron chi connectivity index (χ4n) is 3.11. The Balaban J connectivity index is 1.61. The average Bonchev–Trinajstić information content (AvgIpc) is 3.01. The predicted octanol–water partition coefficient (Wildman–Crippen LogP) is 3.70. The van der Waals surface area contributed by atoms with Crippen molar-refractivity contribution < 1.29 is 14.3 Å². The van der Waals surface area contributed by atoms with Gasteiger partial charge < -0.3 is 14.4 Å². The number of amides is 1. The first kappa shape index (κ1) is 17.7. The summed E-state index contributed by atoms with van der Waals surface area (Å²) < 4.78 is 11.1. The zero-order valence-electron chi connectivity index (χ0n) is 14.9. The Kier molecular flexibility index (Phi) is 5.58. The molecule has 1 fully saturated rings. The summed E-state index contributed by atoms with van der Waals surface area (Å²) in [4.78, 5) is 19.7. The Morgan fingerprint density at radius 3 is 2.88 bits per heavy atom. The van der Waals surface area contributed by atoms with Crippen LogP contribution in [0.15, 0.2) is 24.3 Å². The molecule has 1 aromatic carbocycles. The van der Waals surface area contributed by atoms with Gasteiger partial charge in [0.25, 0.3) is 11.1 Å². The Bertz CT molecular complexity index is 744. The van der Waals surface area contributed by atoms with Crippen LogP contribution < -0.4 is 9.47 Å².